The minimum atomic E-state index is 0.255. The number of aryl methyl sites for hydroxylation is 1. The van der Waals surface area contributed by atoms with Gasteiger partial charge in [-0.05, 0) is 56.8 Å². The number of carbonyl (C=O) groups is 1. The van der Waals surface area contributed by atoms with Crippen LogP contribution in [0, 0.1) is 12.8 Å². The Kier molecular flexibility index (Phi) is 6.92. The van der Waals surface area contributed by atoms with Crippen molar-refractivity contribution < 1.29 is 4.79 Å². The van der Waals surface area contributed by atoms with E-state index < -0.39 is 0 Å². The van der Waals surface area contributed by atoms with Crippen molar-refractivity contribution in [2.75, 3.05) is 33.2 Å². The molecule has 0 saturated carbocycles. The first kappa shape index (κ1) is 23.0. The van der Waals surface area contributed by atoms with Crippen LogP contribution in [-0.4, -0.2) is 63.5 Å². The molecule has 0 spiro atoms. The van der Waals surface area contributed by atoms with E-state index in [0.29, 0.717) is 18.3 Å². The summed E-state index contributed by atoms with van der Waals surface area (Å²) in [6.07, 6.45) is 6.03. The second-order valence-corrected chi connectivity index (χ2v) is 10.0. The molecule has 2 saturated heterocycles. The molecular formula is C27H36N6O. The Morgan fingerprint density at radius 3 is 2.79 bits per heavy atom. The Morgan fingerprint density at radius 2 is 1.97 bits per heavy atom. The standard InChI is InChI=1S/C27H36N6O/c1-20-24(17-28-16-22-11-14-31(2)26(34)15-22)27-29-12-10-25(33(27)30-20)23-9-6-13-32(19-23)18-21-7-4-3-5-8-21/h3-5,7-8,10,12,22-23,28H,6,9,11,13-19H2,1-2H3. The van der Waals surface area contributed by atoms with Crippen LogP contribution < -0.4 is 5.32 Å². The highest BCUT2D eigenvalue weighted by Crippen LogP contribution is 2.29. The lowest BCUT2D eigenvalue weighted by molar-refractivity contribution is -0.133. The topological polar surface area (TPSA) is 65.8 Å². The number of rotatable bonds is 7. The summed E-state index contributed by atoms with van der Waals surface area (Å²) in [4.78, 5) is 21.1. The molecule has 5 rings (SSSR count). The summed E-state index contributed by atoms with van der Waals surface area (Å²) in [5.74, 6) is 1.12. The van der Waals surface area contributed by atoms with Crippen molar-refractivity contribution in [3.63, 3.8) is 0 Å². The van der Waals surface area contributed by atoms with Crippen LogP contribution in [0.5, 0.6) is 0 Å². The Bertz CT molecular complexity index is 1130. The van der Waals surface area contributed by atoms with Crippen LogP contribution >= 0.6 is 0 Å². The van der Waals surface area contributed by atoms with Gasteiger partial charge in [-0.1, -0.05) is 30.3 Å². The van der Waals surface area contributed by atoms with E-state index >= 15 is 0 Å². The van der Waals surface area contributed by atoms with E-state index in [9.17, 15) is 4.79 Å². The van der Waals surface area contributed by atoms with Gasteiger partial charge in [0.15, 0.2) is 5.65 Å². The molecule has 2 aromatic heterocycles. The zero-order valence-electron chi connectivity index (χ0n) is 20.4. The maximum atomic E-state index is 12.0. The number of piperidine rings is 2. The summed E-state index contributed by atoms with van der Waals surface area (Å²) < 4.78 is 2.09. The van der Waals surface area contributed by atoms with Gasteiger partial charge in [0.25, 0.3) is 0 Å². The van der Waals surface area contributed by atoms with Gasteiger partial charge >= 0.3 is 0 Å². The first-order valence-electron chi connectivity index (χ1n) is 12.6. The fourth-order valence-corrected chi connectivity index (χ4v) is 5.49. The molecule has 3 aromatic rings. The Hall–Kier alpha value is -2.77. The van der Waals surface area contributed by atoms with Crippen molar-refractivity contribution in [3.05, 3.63) is 65.1 Å². The molecule has 2 fully saturated rings. The predicted octanol–water partition coefficient (Wildman–Crippen LogP) is 3.38. The second kappa shape index (κ2) is 10.2. The van der Waals surface area contributed by atoms with E-state index in [1.54, 1.807) is 0 Å². The number of fused-ring (bicyclic) bond motifs is 1. The van der Waals surface area contributed by atoms with E-state index in [1.165, 1.54) is 24.1 Å². The smallest absolute Gasteiger partial charge is 0.222 e. The molecule has 34 heavy (non-hydrogen) atoms. The molecule has 1 amide bonds. The second-order valence-electron chi connectivity index (χ2n) is 10.0. The number of nitrogens with one attached hydrogen (secondary N) is 1. The van der Waals surface area contributed by atoms with Gasteiger partial charge in [0.05, 0.1) is 11.4 Å². The highest BCUT2D eigenvalue weighted by Gasteiger charge is 2.26. The molecule has 180 valence electrons. The maximum absolute atomic E-state index is 12.0. The van der Waals surface area contributed by atoms with Crippen molar-refractivity contribution >= 4 is 11.6 Å². The van der Waals surface area contributed by atoms with Crippen LogP contribution in [0.15, 0.2) is 42.6 Å². The summed E-state index contributed by atoms with van der Waals surface area (Å²) in [6.45, 7) is 7.71. The molecule has 1 aromatic carbocycles. The number of benzene rings is 1. The van der Waals surface area contributed by atoms with E-state index in [-0.39, 0.29) is 5.91 Å². The van der Waals surface area contributed by atoms with E-state index in [2.05, 4.69) is 58.1 Å². The third-order valence-corrected chi connectivity index (χ3v) is 7.51. The Labute approximate surface area is 202 Å². The normalized spacial score (nSPS) is 21.9. The molecule has 7 heteroatoms. The van der Waals surface area contributed by atoms with Crippen LogP contribution in [0.2, 0.25) is 0 Å². The summed E-state index contributed by atoms with van der Waals surface area (Å²) in [7, 11) is 1.89. The number of likely N-dealkylation sites (tertiary alicyclic amines) is 2. The average molecular weight is 461 g/mol. The maximum Gasteiger partial charge on any atom is 0.222 e. The number of aromatic nitrogens is 3. The van der Waals surface area contributed by atoms with Crippen LogP contribution in [0.4, 0.5) is 0 Å². The minimum absolute atomic E-state index is 0.255. The van der Waals surface area contributed by atoms with Crippen molar-refractivity contribution in [2.24, 2.45) is 5.92 Å². The van der Waals surface area contributed by atoms with Crippen molar-refractivity contribution in [1.29, 1.82) is 0 Å². The summed E-state index contributed by atoms with van der Waals surface area (Å²) in [6, 6.07) is 12.9. The average Bonchev–Trinajstić information content (AvgIpc) is 3.17. The van der Waals surface area contributed by atoms with Crippen LogP contribution in [0.25, 0.3) is 5.65 Å². The molecule has 0 bridgehead atoms. The molecule has 2 atom stereocenters. The van der Waals surface area contributed by atoms with Gasteiger partial charge in [0.1, 0.15) is 0 Å². The quantitative estimate of drug-likeness (QED) is 0.586. The molecular weight excluding hydrogens is 424 g/mol. The van der Waals surface area contributed by atoms with E-state index in [1.807, 2.05) is 18.1 Å². The molecule has 7 nitrogen and oxygen atoms in total. The highest BCUT2D eigenvalue weighted by molar-refractivity contribution is 5.76. The van der Waals surface area contributed by atoms with Crippen molar-refractivity contribution in [1.82, 2.24) is 29.7 Å². The van der Waals surface area contributed by atoms with E-state index in [4.69, 9.17) is 10.1 Å². The molecule has 2 unspecified atom stereocenters. The number of hydrogen-bond acceptors (Lipinski definition) is 5. The van der Waals surface area contributed by atoms with Gasteiger partial charge in [-0.15, -0.1) is 0 Å². The molecule has 4 heterocycles. The van der Waals surface area contributed by atoms with Crippen LogP contribution in [0.1, 0.15) is 54.1 Å². The zero-order chi connectivity index (χ0) is 23.5. The number of hydrogen-bond donors (Lipinski definition) is 1. The minimum Gasteiger partial charge on any atom is -0.346 e. The number of carbonyl (C=O) groups excluding carboxylic acids is 1. The van der Waals surface area contributed by atoms with Gasteiger partial charge in [-0.3, -0.25) is 9.69 Å². The zero-order valence-corrected chi connectivity index (χ0v) is 20.4. The molecule has 1 N–H and O–H groups in total. The SMILES string of the molecule is Cc1nn2c(C3CCCN(Cc4ccccc4)C3)ccnc2c1CNCC1CCN(C)C(=O)C1. The predicted molar refractivity (Wildman–Crippen MR) is 133 cm³/mol. The van der Waals surface area contributed by atoms with E-state index in [0.717, 1.165) is 62.6 Å². The molecule has 2 aliphatic rings. The van der Waals surface area contributed by atoms with Gasteiger partial charge in [0, 0.05) is 57.3 Å². The first-order valence-corrected chi connectivity index (χ1v) is 12.6. The number of nitrogens with zero attached hydrogens (tertiary/aromatic N) is 5. The summed E-state index contributed by atoms with van der Waals surface area (Å²) in [5.41, 5.74) is 5.79. The Morgan fingerprint density at radius 1 is 1.12 bits per heavy atom. The summed E-state index contributed by atoms with van der Waals surface area (Å²) >= 11 is 0. The lowest BCUT2D eigenvalue weighted by Crippen LogP contribution is -2.38. The van der Waals surface area contributed by atoms with Crippen molar-refractivity contribution in [3.8, 4) is 0 Å². The van der Waals surface area contributed by atoms with Gasteiger partial charge in [-0.25, -0.2) is 9.50 Å². The van der Waals surface area contributed by atoms with Crippen LogP contribution in [-0.2, 0) is 17.9 Å². The van der Waals surface area contributed by atoms with Gasteiger partial charge in [0.2, 0.25) is 5.91 Å². The highest BCUT2D eigenvalue weighted by atomic mass is 16.2. The molecule has 0 aliphatic carbocycles. The van der Waals surface area contributed by atoms with Crippen LogP contribution in [0.3, 0.4) is 0 Å². The third-order valence-electron chi connectivity index (χ3n) is 7.51. The lowest BCUT2D eigenvalue weighted by Gasteiger charge is -2.33. The number of amides is 1. The largest absolute Gasteiger partial charge is 0.346 e. The summed E-state index contributed by atoms with van der Waals surface area (Å²) in [5, 5.41) is 8.51. The third kappa shape index (κ3) is 5.00. The first-order chi connectivity index (χ1) is 16.6. The molecule has 2 aliphatic heterocycles. The monoisotopic (exact) mass is 460 g/mol. The van der Waals surface area contributed by atoms with Crippen molar-refractivity contribution in [2.45, 2.75) is 51.6 Å². The van der Waals surface area contributed by atoms with Gasteiger partial charge in [-0.2, -0.15) is 5.10 Å². The fourth-order valence-electron chi connectivity index (χ4n) is 5.49. The molecule has 0 radical (unpaired) electrons. The fraction of sp³-hybridized carbons (Fsp3) is 0.519. The lowest BCUT2D eigenvalue weighted by atomic mass is 9.94. The van der Waals surface area contributed by atoms with Gasteiger partial charge < -0.3 is 10.2 Å². The Balaban J connectivity index is 1.27.